The number of fused-ring (bicyclic) bond motifs is 1. The van der Waals surface area contributed by atoms with Gasteiger partial charge >= 0.3 is 0 Å². The summed E-state index contributed by atoms with van der Waals surface area (Å²) >= 11 is 0. The van der Waals surface area contributed by atoms with Crippen molar-refractivity contribution in [1.29, 1.82) is 0 Å². The first-order valence-corrected chi connectivity index (χ1v) is 8.14. The lowest BCUT2D eigenvalue weighted by Gasteiger charge is -2.26. The van der Waals surface area contributed by atoms with Crippen LogP contribution in [0.15, 0.2) is 42.9 Å². The highest BCUT2D eigenvalue weighted by molar-refractivity contribution is 5.60. The van der Waals surface area contributed by atoms with E-state index in [0.717, 1.165) is 30.0 Å². The Kier molecular flexibility index (Phi) is 3.82. The maximum absolute atomic E-state index is 5.85. The van der Waals surface area contributed by atoms with Crippen LogP contribution >= 0.6 is 0 Å². The Bertz CT molecular complexity index is 851. The first-order chi connectivity index (χ1) is 11.7. The maximum Gasteiger partial charge on any atom is 0.122 e. The van der Waals surface area contributed by atoms with Crippen LogP contribution in [0.5, 0.6) is 5.75 Å². The van der Waals surface area contributed by atoms with Gasteiger partial charge in [-0.25, -0.2) is 0 Å². The van der Waals surface area contributed by atoms with Crippen LogP contribution in [0.3, 0.4) is 0 Å². The number of para-hydroxylation sites is 1. The first-order valence-electron chi connectivity index (χ1n) is 8.14. The van der Waals surface area contributed by atoms with Crippen molar-refractivity contribution in [3.8, 4) is 17.0 Å². The van der Waals surface area contributed by atoms with Crippen molar-refractivity contribution >= 4 is 0 Å². The minimum absolute atomic E-state index is 0.307. The lowest BCUT2D eigenvalue weighted by Crippen LogP contribution is -2.38. The van der Waals surface area contributed by atoms with Gasteiger partial charge in [-0.2, -0.15) is 10.2 Å². The van der Waals surface area contributed by atoms with Crippen molar-refractivity contribution in [3.05, 3.63) is 54.0 Å². The Hall–Kier alpha value is -2.60. The van der Waals surface area contributed by atoms with Gasteiger partial charge in [0.15, 0.2) is 0 Å². The highest BCUT2D eigenvalue weighted by Crippen LogP contribution is 2.25. The summed E-state index contributed by atoms with van der Waals surface area (Å²) < 4.78 is 9.50. The molecule has 0 spiro atoms. The van der Waals surface area contributed by atoms with Crippen molar-refractivity contribution < 1.29 is 4.74 Å². The molecule has 2 aromatic heterocycles. The van der Waals surface area contributed by atoms with E-state index in [2.05, 4.69) is 33.8 Å². The molecule has 6 nitrogen and oxygen atoms in total. The molecule has 3 aromatic rings. The van der Waals surface area contributed by atoms with Gasteiger partial charge in [-0.1, -0.05) is 18.2 Å². The molecule has 4 rings (SSSR count). The molecular formula is C18H21N5O. The number of nitrogens with zero attached hydrogens (tertiary/aromatic N) is 4. The molecule has 1 aromatic carbocycles. The Morgan fingerprint density at radius 1 is 1.21 bits per heavy atom. The van der Waals surface area contributed by atoms with Crippen LogP contribution in [0, 0.1) is 0 Å². The molecule has 0 bridgehead atoms. The molecule has 0 aliphatic carbocycles. The smallest absolute Gasteiger partial charge is 0.122 e. The third kappa shape index (κ3) is 2.92. The van der Waals surface area contributed by atoms with Gasteiger partial charge in [0.25, 0.3) is 0 Å². The predicted molar refractivity (Wildman–Crippen MR) is 91.7 cm³/mol. The van der Waals surface area contributed by atoms with Gasteiger partial charge in [-0.05, 0) is 18.1 Å². The standard InChI is InChI=1S/C18H21N5O/c1-22-10-15(9-20-22)18-14(11-23(2)21-18)8-19-16-7-13-5-3-4-6-17(13)24-12-16/h3-6,9-11,16,19H,7-8,12H2,1-2H3. The minimum Gasteiger partial charge on any atom is -0.492 e. The molecular weight excluding hydrogens is 302 g/mol. The molecule has 0 amide bonds. The summed E-state index contributed by atoms with van der Waals surface area (Å²) in [6.07, 6.45) is 6.89. The van der Waals surface area contributed by atoms with E-state index >= 15 is 0 Å². The summed E-state index contributed by atoms with van der Waals surface area (Å²) in [6, 6.07) is 8.55. The molecule has 0 saturated heterocycles. The molecule has 24 heavy (non-hydrogen) atoms. The van der Waals surface area contributed by atoms with Crippen LogP contribution in [0.1, 0.15) is 11.1 Å². The molecule has 1 aliphatic rings. The van der Waals surface area contributed by atoms with Crippen LogP contribution in [0.25, 0.3) is 11.3 Å². The Morgan fingerprint density at radius 2 is 2.08 bits per heavy atom. The highest BCUT2D eigenvalue weighted by Gasteiger charge is 2.20. The van der Waals surface area contributed by atoms with Crippen molar-refractivity contribution in [2.24, 2.45) is 14.1 Å². The molecule has 3 heterocycles. The molecule has 124 valence electrons. The number of ether oxygens (including phenoxy) is 1. The number of nitrogens with one attached hydrogen (secondary N) is 1. The molecule has 1 N–H and O–H groups in total. The van der Waals surface area contributed by atoms with Crippen molar-refractivity contribution in [3.63, 3.8) is 0 Å². The maximum atomic E-state index is 5.85. The zero-order valence-electron chi connectivity index (χ0n) is 13.9. The van der Waals surface area contributed by atoms with Gasteiger partial charge in [-0.3, -0.25) is 9.36 Å². The van der Waals surface area contributed by atoms with Crippen molar-refractivity contribution in [1.82, 2.24) is 24.9 Å². The SMILES string of the molecule is Cn1cc(-c2nn(C)cc2CNC2COc3ccccc3C2)cn1. The van der Waals surface area contributed by atoms with E-state index in [9.17, 15) is 0 Å². The molecule has 0 fully saturated rings. The van der Waals surface area contributed by atoms with Gasteiger partial charge in [0, 0.05) is 50.2 Å². The van der Waals surface area contributed by atoms with Crippen LogP contribution in [0.2, 0.25) is 0 Å². The van der Waals surface area contributed by atoms with Gasteiger partial charge < -0.3 is 10.1 Å². The number of aryl methyl sites for hydroxylation is 2. The van der Waals surface area contributed by atoms with Gasteiger partial charge in [0.2, 0.25) is 0 Å². The summed E-state index contributed by atoms with van der Waals surface area (Å²) in [5, 5.41) is 12.4. The summed E-state index contributed by atoms with van der Waals surface area (Å²) in [4.78, 5) is 0. The van der Waals surface area contributed by atoms with Crippen LogP contribution in [-0.4, -0.2) is 32.2 Å². The summed E-state index contributed by atoms with van der Waals surface area (Å²) in [5.41, 5.74) is 4.46. The average molecular weight is 323 g/mol. The molecule has 1 unspecified atom stereocenters. The van der Waals surface area contributed by atoms with Crippen molar-refractivity contribution in [2.45, 2.75) is 19.0 Å². The van der Waals surface area contributed by atoms with E-state index in [0.29, 0.717) is 12.6 Å². The molecule has 6 heteroatoms. The van der Waals surface area contributed by atoms with E-state index in [1.54, 1.807) is 4.68 Å². The third-order valence-corrected chi connectivity index (χ3v) is 4.34. The van der Waals surface area contributed by atoms with Crippen LogP contribution < -0.4 is 10.1 Å². The monoisotopic (exact) mass is 323 g/mol. The Labute approximate surface area is 141 Å². The van der Waals surface area contributed by atoms with Gasteiger partial charge in [0.05, 0.1) is 11.9 Å². The lowest BCUT2D eigenvalue weighted by atomic mass is 10.0. The molecule has 0 saturated carbocycles. The zero-order valence-corrected chi connectivity index (χ0v) is 13.9. The second-order valence-electron chi connectivity index (χ2n) is 6.28. The van der Waals surface area contributed by atoms with E-state index in [1.165, 1.54) is 11.1 Å². The first kappa shape index (κ1) is 15.0. The average Bonchev–Trinajstić information content (AvgIpc) is 3.18. The summed E-state index contributed by atoms with van der Waals surface area (Å²) in [7, 11) is 3.87. The van der Waals surface area contributed by atoms with Crippen LogP contribution in [-0.2, 0) is 27.1 Å². The predicted octanol–water partition coefficient (Wildman–Crippen LogP) is 1.91. The molecule has 0 radical (unpaired) electrons. The molecule has 1 aliphatic heterocycles. The normalized spacial score (nSPS) is 16.7. The Balaban J connectivity index is 1.47. The summed E-state index contributed by atoms with van der Waals surface area (Å²) in [6.45, 7) is 1.45. The lowest BCUT2D eigenvalue weighted by molar-refractivity contribution is 0.238. The number of benzene rings is 1. The number of rotatable bonds is 4. The largest absolute Gasteiger partial charge is 0.492 e. The number of aromatic nitrogens is 4. The minimum atomic E-state index is 0.307. The fourth-order valence-corrected chi connectivity index (χ4v) is 3.17. The van der Waals surface area contributed by atoms with Crippen LogP contribution in [0.4, 0.5) is 0 Å². The quantitative estimate of drug-likeness (QED) is 0.797. The van der Waals surface area contributed by atoms with E-state index in [-0.39, 0.29) is 0 Å². The fourth-order valence-electron chi connectivity index (χ4n) is 3.17. The topological polar surface area (TPSA) is 56.9 Å². The third-order valence-electron chi connectivity index (χ3n) is 4.34. The van der Waals surface area contributed by atoms with E-state index in [4.69, 9.17) is 4.74 Å². The summed E-state index contributed by atoms with van der Waals surface area (Å²) in [5.74, 6) is 1.01. The number of hydrogen-bond acceptors (Lipinski definition) is 4. The van der Waals surface area contributed by atoms with Crippen molar-refractivity contribution in [2.75, 3.05) is 6.61 Å². The van der Waals surface area contributed by atoms with Gasteiger partial charge in [0.1, 0.15) is 12.4 Å². The van der Waals surface area contributed by atoms with Gasteiger partial charge in [-0.15, -0.1) is 0 Å². The fraction of sp³-hybridized carbons (Fsp3) is 0.333. The number of hydrogen-bond donors (Lipinski definition) is 1. The second kappa shape index (κ2) is 6.13. The second-order valence-corrected chi connectivity index (χ2v) is 6.28. The van der Waals surface area contributed by atoms with E-state index < -0.39 is 0 Å². The van der Waals surface area contributed by atoms with E-state index in [1.807, 2.05) is 43.3 Å². The zero-order chi connectivity index (χ0) is 16.5. The Morgan fingerprint density at radius 3 is 2.92 bits per heavy atom. The highest BCUT2D eigenvalue weighted by atomic mass is 16.5. The molecule has 1 atom stereocenters.